The van der Waals surface area contributed by atoms with Crippen LogP contribution in [-0.2, 0) is 5.41 Å². The molecule has 0 fully saturated rings. The predicted molar refractivity (Wildman–Crippen MR) is 149 cm³/mol. The Morgan fingerprint density at radius 3 is 2.47 bits per heavy atom. The molecule has 0 atom stereocenters. The van der Waals surface area contributed by atoms with Gasteiger partial charge in [0.15, 0.2) is 11.6 Å². The average Bonchev–Trinajstić information content (AvgIpc) is 3.63. The van der Waals surface area contributed by atoms with Crippen molar-refractivity contribution in [2.24, 2.45) is 0 Å². The third-order valence-electron chi connectivity index (χ3n) is 7.83. The summed E-state index contributed by atoms with van der Waals surface area (Å²) in [6.45, 7) is 4.53. The zero-order chi connectivity index (χ0) is 24.3. The van der Waals surface area contributed by atoms with Crippen LogP contribution in [0, 0.1) is 0 Å². The quantitative estimate of drug-likeness (QED) is 0.168. The maximum absolute atomic E-state index is 13.3. The Kier molecular flexibility index (Phi) is 3.79. The van der Waals surface area contributed by atoms with Crippen LogP contribution in [0.1, 0.15) is 50.6 Å². The fourth-order valence-electron chi connectivity index (χ4n) is 6.02. The van der Waals surface area contributed by atoms with E-state index in [1.807, 2.05) is 29.7 Å². The lowest BCUT2D eigenvalue weighted by Crippen LogP contribution is -2.24. The van der Waals surface area contributed by atoms with Crippen LogP contribution in [0.4, 0.5) is 0 Å². The second-order valence-electron chi connectivity index (χ2n) is 10.1. The lowest BCUT2D eigenvalue weighted by Gasteiger charge is -2.32. The van der Waals surface area contributed by atoms with Crippen LogP contribution >= 0.6 is 22.7 Å². The summed E-state index contributed by atoms with van der Waals surface area (Å²) in [7, 11) is 0. The van der Waals surface area contributed by atoms with Crippen molar-refractivity contribution in [2.75, 3.05) is 0 Å². The summed E-state index contributed by atoms with van der Waals surface area (Å²) < 4.78 is 3.40. The number of para-hydroxylation sites is 2. The van der Waals surface area contributed by atoms with Gasteiger partial charge in [0, 0.05) is 36.9 Å². The molecular weight excluding hydrogens is 482 g/mol. The Morgan fingerprint density at radius 2 is 1.61 bits per heavy atom. The summed E-state index contributed by atoms with van der Waals surface area (Å²) in [4.78, 5) is 27.6. The molecule has 0 saturated heterocycles. The first-order valence-corrected chi connectivity index (χ1v) is 13.6. The maximum Gasteiger partial charge on any atom is 0.197 e. The van der Waals surface area contributed by atoms with Gasteiger partial charge in [-0.05, 0) is 58.3 Å². The fraction of sp³-hybridized carbons (Fsp3) is 0.0968. The molecule has 2 aliphatic rings. The van der Waals surface area contributed by atoms with E-state index in [0.29, 0.717) is 11.1 Å². The molecule has 0 spiro atoms. The minimum absolute atomic E-state index is 0.173. The smallest absolute Gasteiger partial charge is 0.197 e. The van der Waals surface area contributed by atoms with Crippen molar-refractivity contribution in [3.05, 3.63) is 105 Å². The van der Waals surface area contributed by atoms with Crippen molar-refractivity contribution in [1.29, 1.82) is 0 Å². The van der Waals surface area contributed by atoms with E-state index >= 15 is 0 Å². The molecule has 1 aliphatic heterocycles. The van der Waals surface area contributed by atoms with Crippen molar-refractivity contribution in [2.45, 2.75) is 19.3 Å². The minimum Gasteiger partial charge on any atom is -0.300 e. The summed E-state index contributed by atoms with van der Waals surface area (Å²) in [5.41, 5.74) is 6.04. The first-order valence-electron chi connectivity index (χ1n) is 11.9. The zero-order valence-corrected chi connectivity index (χ0v) is 21.2. The average molecular weight is 502 g/mol. The monoisotopic (exact) mass is 501 g/mol. The highest BCUT2D eigenvalue weighted by molar-refractivity contribution is 7.17. The van der Waals surface area contributed by atoms with Gasteiger partial charge in [-0.15, -0.1) is 22.7 Å². The molecule has 4 heterocycles. The van der Waals surface area contributed by atoms with Crippen molar-refractivity contribution in [3.63, 3.8) is 0 Å². The number of ketones is 2. The molecule has 0 radical (unpaired) electrons. The number of aromatic nitrogens is 1. The van der Waals surface area contributed by atoms with E-state index in [2.05, 4.69) is 66.9 Å². The number of nitrogens with zero attached hydrogens (tertiary/aromatic N) is 1. The summed E-state index contributed by atoms with van der Waals surface area (Å²) in [6, 6.07) is 23.0. The number of Topliss-reactive ketones (excluding diaryl/α,β-unsaturated/α-hetero) is 2. The Bertz CT molecular complexity index is 1960. The van der Waals surface area contributed by atoms with Gasteiger partial charge >= 0.3 is 0 Å². The predicted octanol–water partition coefficient (Wildman–Crippen LogP) is 8.16. The number of hydrogen-bond donors (Lipinski definition) is 0. The molecule has 0 N–H and O–H groups in total. The number of hydrogen-bond acceptors (Lipinski definition) is 4. The van der Waals surface area contributed by atoms with Gasteiger partial charge < -0.3 is 4.57 Å². The number of thiophene rings is 2. The number of carbonyl (C=O) groups excluding carboxylic acids is 2. The number of carbonyl (C=O) groups is 2. The van der Waals surface area contributed by atoms with E-state index in [-0.39, 0.29) is 22.6 Å². The topological polar surface area (TPSA) is 39.1 Å². The van der Waals surface area contributed by atoms with E-state index in [1.54, 1.807) is 22.7 Å². The third-order valence-corrected chi connectivity index (χ3v) is 9.78. The number of allylic oxidation sites excluding steroid dienone is 1. The van der Waals surface area contributed by atoms with Gasteiger partial charge in [-0.1, -0.05) is 50.2 Å². The molecule has 36 heavy (non-hydrogen) atoms. The molecule has 172 valence electrons. The van der Waals surface area contributed by atoms with Crippen LogP contribution in [0.2, 0.25) is 0 Å². The second-order valence-corrected chi connectivity index (χ2v) is 12.1. The van der Waals surface area contributed by atoms with Crippen molar-refractivity contribution in [1.82, 2.24) is 4.57 Å². The van der Waals surface area contributed by atoms with Crippen LogP contribution in [0.15, 0.2) is 77.7 Å². The lowest BCUT2D eigenvalue weighted by atomic mass is 9.76. The molecule has 5 heteroatoms. The molecule has 0 saturated carbocycles. The summed E-state index contributed by atoms with van der Waals surface area (Å²) in [5, 5.41) is 6.65. The summed E-state index contributed by atoms with van der Waals surface area (Å²) in [6.07, 6.45) is 1.81. The van der Waals surface area contributed by atoms with Gasteiger partial charge in [0.25, 0.3) is 0 Å². The van der Waals surface area contributed by atoms with Crippen molar-refractivity contribution >= 4 is 72.2 Å². The van der Waals surface area contributed by atoms with Gasteiger partial charge in [-0.3, -0.25) is 9.59 Å². The Labute approximate surface area is 214 Å². The van der Waals surface area contributed by atoms with E-state index in [0.717, 1.165) is 20.0 Å². The Hall–Kier alpha value is -3.80. The molecular formula is C31H19NO2S2. The van der Waals surface area contributed by atoms with Crippen molar-refractivity contribution in [3.8, 4) is 5.00 Å². The van der Waals surface area contributed by atoms with Crippen LogP contribution in [0.25, 0.3) is 43.0 Å². The third kappa shape index (κ3) is 2.42. The summed E-state index contributed by atoms with van der Waals surface area (Å²) in [5.74, 6) is -0.348. The second kappa shape index (κ2) is 6.69. The van der Waals surface area contributed by atoms with Crippen LogP contribution in [0.3, 0.4) is 0 Å². The van der Waals surface area contributed by atoms with E-state index in [1.165, 1.54) is 32.9 Å². The van der Waals surface area contributed by atoms with E-state index < -0.39 is 0 Å². The van der Waals surface area contributed by atoms with Gasteiger partial charge in [0.05, 0.1) is 16.6 Å². The summed E-state index contributed by atoms with van der Waals surface area (Å²) >= 11 is 3.24. The number of fused-ring (bicyclic) bond motifs is 7. The largest absolute Gasteiger partial charge is 0.300 e. The number of benzene rings is 3. The maximum atomic E-state index is 13.3. The van der Waals surface area contributed by atoms with Crippen LogP contribution < -0.4 is 0 Å². The molecule has 6 aromatic rings. The molecule has 0 amide bonds. The van der Waals surface area contributed by atoms with Gasteiger partial charge in [0.1, 0.15) is 5.00 Å². The first kappa shape index (κ1) is 20.4. The lowest BCUT2D eigenvalue weighted by molar-refractivity contribution is 0.0990. The molecule has 8 rings (SSSR count). The Morgan fingerprint density at radius 1 is 0.833 bits per heavy atom. The highest BCUT2D eigenvalue weighted by Gasteiger charge is 2.38. The molecule has 0 bridgehead atoms. The minimum atomic E-state index is -0.205. The molecule has 3 nitrogen and oxygen atoms in total. The molecule has 1 aliphatic carbocycles. The van der Waals surface area contributed by atoms with Gasteiger partial charge in [-0.25, -0.2) is 0 Å². The van der Waals surface area contributed by atoms with Crippen LogP contribution in [0.5, 0.6) is 0 Å². The molecule has 3 aromatic heterocycles. The first-order chi connectivity index (χ1) is 17.4. The van der Waals surface area contributed by atoms with Crippen LogP contribution in [-0.4, -0.2) is 16.1 Å². The standard InChI is InChI=1S/C31H19NO2S2/c1-31(2)23-8-5-7-19-18-6-3-4-9-25(18)32(27(19)23)30-24(31)14-17(36-30)13-22-28(33)20-12-16-10-11-35-26(16)15-21(20)29(22)34/h3-15H,1-2H3/b22-13-. The fourth-order valence-corrected chi connectivity index (χ4v) is 8.11. The SMILES string of the molecule is CC1(C)c2cc(/C=C3/C(=O)c4cc5ccsc5cc4C3=O)sc2-n2c3ccccc3c3cccc1c32. The normalized spacial score (nSPS) is 17.0. The van der Waals surface area contributed by atoms with E-state index in [9.17, 15) is 9.59 Å². The molecule has 3 aromatic carbocycles. The van der Waals surface area contributed by atoms with Gasteiger partial charge in [0.2, 0.25) is 0 Å². The molecule has 0 unspecified atom stereocenters. The highest BCUT2D eigenvalue weighted by atomic mass is 32.1. The highest BCUT2D eigenvalue weighted by Crippen LogP contribution is 2.50. The number of rotatable bonds is 1. The Balaban J connectivity index is 1.35. The van der Waals surface area contributed by atoms with Crippen molar-refractivity contribution < 1.29 is 9.59 Å². The zero-order valence-electron chi connectivity index (χ0n) is 19.6. The van der Waals surface area contributed by atoms with Gasteiger partial charge in [-0.2, -0.15) is 0 Å². The van der Waals surface area contributed by atoms with E-state index in [4.69, 9.17) is 0 Å².